The van der Waals surface area contributed by atoms with Crippen molar-refractivity contribution in [3.05, 3.63) is 29.8 Å². The minimum atomic E-state index is -0.487. The van der Waals surface area contributed by atoms with E-state index in [4.69, 9.17) is 14.2 Å². The molecule has 3 rings (SSSR count). The van der Waals surface area contributed by atoms with Gasteiger partial charge in [-0.3, -0.25) is 4.79 Å². The largest absolute Gasteiger partial charge is 0.491 e. The van der Waals surface area contributed by atoms with E-state index in [1.54, 1.807) is 24.3 Å². The summed E-state index contributed by atoms with van der Waals surface area (Å²) in [6.45, 7) is 3.74. The highest BCUT2D eigenvalue weighted by atomic mass is 16.5. The molecule has 1 aliphatic carbocycles. The van der Waals surface area contributed by atoms with E-state index < -0.39 is 5.97 Å². The summed E-state index contributed by atoms with van der Waals surface area (Å²) in [6.07, 6.45) is 7.90. The Hall–Kier alpha value is -2.08. The number of ether oxygens (including phenoxy) is 3. The first-order chi connectivity index (χ1) is 13.7. The number of carbonyl (C=O) groups is 2. The lowest BCUT2D eigenvalue weighted by Gasteiger charge is -2.33. The fourth-order valence-electron chi connectivity index (χ4n) is 3.98. The van der Waals surface area contributed by atoms with E-state index >= 15 is 0 Å². The van der Waals surface area contributed by atoms with E-state index in [0.29, 0.717) is 24.5 Å². The van der Waals surface area contributed by atoms with Crippen LogP contribution in [0.2, 0.25) is 0 Å². The Labute approximate surface area is 167 Å². The third kappa shape index (κ3) is 5.71. The van der Waals surface area contributed by atoms with Crippen LogP contribution < -0.4 is 4.74 Å². The maximum Gasteiger partial charge on any atom is 0.338 e. The number of amides is 1. The number of carbonyl (C=O) groups excluding carboxylic acids is 2. The van der Waals surface area contributed by atoms with Crippen molar-refractivity contribution in [2.45, 2.75) is 64.0 Å². The zero-order valence-corrected chi connectivity index (χ0v) is 16.7. The monoisotopic (exact) mass is 389 g/mol. The number of nitrogens with zero attached hydrogens (tertiary/aromatic N) is 1. The van der Waals surface area contributed by atoms with Gasteiger partial charge in [-0.15, -0.1) is 0 Å². The third-order valence-electron chi connectivity index (χ3n) is 5.55. The lowest BCUT2D eigenvalue weighted by molar-refractivity contribution is -0.137. The van der Waals surface area contributed by atoms with Gasteiger partial charge in [-0.05, 0) is 56.9 Å². The van der Waals surface area contributed by atoms with Crippen LogP contribution in [-0.4, -0.2) is 55.3 Å². The summed E-state index contributed by atoms with van der Waals surface area (Å²) in [5.74, 6) is 0.0931. The van der Waals surface area contributed by atoms with Crippen molar-refractivity contribution >= 4 is 11.9 Å². The van der Waals surface area contributed by atoms with Crippen molar-refractivity contribution in [2.75, 3.05) is 26.4 Å². The first-order valence-electron chi connectivity index (χ1n) is 10.5. The highest BCUT2D eigenvalue weighted by Crippen LogP contribution is 2.23. The molecule has 0 radical (unpaired) electrons. The predicted molar refractivity (Wildman–Crippen MR) is 105 cm³/mol. The molecule has 1 aromatic rings. The Balaban J connectivity index is 1.44. The zero-order chi connectivity index (χ0) is 19.8. The molecule has 6 nitrogen and oxygen atoms in total. The van der Waals surface area contributed by atoms with Crippen LogP contribution in [0.15, 0.2) is 24.3 Å². The molecule has 1 saturated heterocycles. The molecule has 1 amide bonds. The van der Waals surface area contributed by atoms with Crippen molar-refractivity contribution < 1.29 is 23.8 Å². The first kappa shape index (κ1) is 20.6. The molecule has 0 spiro atoms. The van der Waals surface area contributed by atoms with Crippen LogP contribution in [0.1, 0.15) is 62.2 Å². The van der Waals surface area contributed by atoms with E-state index in [1.807, 2.05) is 11.8 Å². The van der Waals surface area contributed by atoms with Gasteiger partial charge in [0.2, 0.25) is 0 Å². The maximum absolute atomic E-state index is 12.5. The van der Waals surface area contributed by atoms with E-state index in [1.165, 1.54) is 6.42 Å². The summed E-state index contributed by atoms with van der Waals surface area (Å²) >= 11 is 0. The minimum Gasteiger partial charge on any atom is -0.491 e. The molecular weight excluding hydrogens is 358 g/mol. The quantitative estimate of drug-likeness (QED) is 0.636. The maximum atomic E-state index is 12.5. The number of esters is 1. The summed E-state index contributed by atoms with van der Waals surface area (Å²) < 4.78 is 16.5. The van der Waals surface area contributed by atoms with Gasteiger partial charge < -0.3 is 19.1 Å². The van der Waals surface area contributed by atoms with Gasteiger partial charge in [-0.25, -0.2) is 4.79 Å². The molecule has 0 aromatic heterocycles. The molecule has 2 aliphatic rings. The Morgan fingerprint density at radius 2 is 1.82 bits per heavy atom. The van der Waals surface area contributed by atoms with Crippen molar-refractivity contribution in [1.29, 1.82) is 0 Å². The van der Waals surface area contributed by atoms with Crippen LogP contribution in [0.3, 0.4) is 0 Å². The second-order valence-corrected chi connectivity index (χ2v) is 7.52. The van der Waals surface area contributed by atoms with E-state index in [9.17, 15) is 9.59 Å². The molecule has 154 valence electrons. The lowest BCUT2D eigenvalue weighted by atomic mass is 9.94. The summed E-state index contributed by atoms with van der Waals surface area (Å²) in [4.78, 5) is 26.6. The molecule has 1 saturated carbocycles. The standard InChI is InChI=1S/C22H31NO5/c1-2-23(18-7-4-3-5-8-18)21(24)16-28-22(25)17-10-12-19(13-11-17)27-15-20-9-6-14-26-20/h10-13,18,20H,2-9,14-16H2,1H3. The van der Waals surface area contributed by atoms with Gasteiger partial charge in [0, 0.05) is 19.2 Å². The first-order valence-corrected chi connectivity index (χ1v) is 10.5. The number of benzene rings is 1. The lowest BCUT2D eigenvalue weighted by Crippen LogP contribution is -2.43. The fraction of sp³-hybridized carbons (Fsp3) is 0.636. The van der Waals surface area contributed by atoms with Gasteiger partial charge in [0.25, 0.3) is 5.91 Å². The van der Waals surface area contributed by atoms with Crippen molar-refractivity contribution in [3.63, 3.8) is 0 Å². The molecule has 1 aliphatic heterocycles. The zero-order valence-electron chi connectivity index (χ0n) is 16.7. The number of rotatable bonds is 8. The fourth-order valence-corrected chi connectivity index (χ4v) is 3.98. The van der Waals surface area contributed by atoms with Gasteiger partial charge in [-0.2, -0.15) is 0 Å². The van der Waals surface area contributed by atoms with Gasteiger partial charge in [-0.1, -0.05) is 19.3 Å². The van der Waals surface area contributed by atoms with Crippen molar-refractivity contribution in [2.24, 2.45) is 0 Å². The molecule has 0 N–H and O–H groups in total. The second-order valence-electron chi connectivity index (χ2n) is 7.52. The van der Waals surface area contributed by atoms with Gasteiger partial charge in [0.1, 0.15) is 12.4 Å². The van der Waals surface area contributed by atoms with Gasteiger partial charge in [0.05, 0.1) is 11.7 Å². The van der Waals surface area contributed by atoms with Crippen molar-refractivity contribution in [1.82, 2.24) is 4.90 Å². The molecule has 0 bridgehead atoms. The summed E-state index contributed by atoms with van der Waals surface area (Å²) in [6, 6.07) is 7.10. The summed E-state index contributed by atoms with van der Waals surface area (Å²) in [5.41, 5.74) is 0.415. The molecule has 28 heavy (non-hydrogen) atoms. The topological polar surface area (TPSA) is 65.1 Å². The highest BCUT2D eigenvalue weighted by Gasteiger charge is 2.25. The Kier molecular flexibility index (Phi) is 7.71. The van der Waals surface area contributed by atoms with Gasteiger partial charge >= 0.3 is 5.97 Å². The summed E-state index contributed by atoms with van der Waals surface area (Å²) in [7, 11) is 0. The highest BCUT2D eigenvalue weighted by molar-refractivity contribution is 5.91. The molecule has 6 heteroatoms. The molecule has 1 unspecified atom stereocenters. The van der Waals surface area contributed by atoms with Crippen LogP contribution in [-0.2, 0) is 14.3 Å². The molecule has 1 aromatic carbocycles. The van der Waals surface area contributed by atoms with Crippen LogP contribution in [0, 0.1) is 0 Å². The molecule has 1 atom stereocenters. The average molecular weight is 389 g/mol. The Morgan fingerprint density at radius 3 is 2.46 bits per heavy atom. The number of likely N-dealkylation sites (N-methyl/N-ethyl adjacent to an activating group) is 1. The second kappa shape index (κ2) is 10.5. The smallest absolute Gasteiger partial charge is 0.338 e. The average Bonchev–Trinajstić information content (AvgIpc) is 3.26. The number of hydrogen-bond donors (Lipinski definition) is 0. The predicted octanol–water partition coefficient (Wildman–Crippen LogP) is 3.58. The van der Waals surface area contributed by atoms with E-state index in [-0.39, 0.29) is 24.7 Å². The normalized spacial score (nSPS) is 20.0. The summed E-state index contributed by atoms with van der Waals surface area (Å²) in [5, 5.41) is 0. The molecular formula is C22H31NO5. The van der Waals surface area contributed by atoms with Crippen LogP contribution >= 0.6 is 0 Å². The Morgan fingerprint density at radius 1 is 1.07 bits per heavy atom. The van der Waals surface area contributed by atoms with Crippen LogP contribution in [0.25, 0.3) is 0 Å². The van der Waals surface area contributed by atoms with E-state index in [0.717, 1.165) is 45.1 Å². The van der Waals surface area contributed by atoms with E-state index in [2.05, 4.69) is 0 Å². The van der Waals surface area contributed by atoms with Crippen LogP contribution in [0.5, 0.6) is 5.75 Å². The minimum absolute atomic E-state index is 0.112. The third-order valence-corrected chi connectivity index (χ3v) is 5.55. The number of hydrogen-bond acceptors (Lipinski definition) is 5. The molecule has 1 heterocycles. The van der Waals surface area contributed by atoms with Gasteiger partial charge in [0.15, 0.2) is 6.61 Å². The van der Waals surface area contributed by atoms with Crippen molar-refractivity contribution in [3.8, 4) is 5.75 Å². The SMILES string of the molecule is CCN(C(=O)COC(=O)c1ccc(OCC2CCCO2)cc1)C1CCCCC1. The Bertz CT molecular complexity index is 633. The molecule has 2 fully saturated rings. The van der Waals surface area contributed by atoms with Crippen LogP contribution in [0.4, 0.5) is 0 Å².